The van der Waals surface area contributed by atoms with Crippen LogP contribution in [0, 0.1) is 0 Å². The van der Waals surface area contributed by atoms with Crippen LogP contribution in [0.3, 0.4) is 0 Å². The molecule has 0 aliphatic carbocycles. The van der Waals surface area contributed by atoms with Gasteiger partial charge in [0.2, 0.25) is 0 Å². The van der Waals surface area contributed by atoms with Crippen molar-refractivity contribution in [3.8, 4) is 0 Å². The molecule has 0 saturated heterocycles. The lowest BCUT2D eigenvalue weighted by Gasteiger charge is -2.12. The number of unbranched alkanes of at least 4 members (excludes halogenated alkanes) is 3. The van der Waals surface area contributed by atoms with Gasteiger partial charge in [0.25, 0.3) is 0 Å². The van der Waals surface area contributed by atoms with Crippen LogP contribution < -0.4 is 10.6 Å². The van der Waals surface area contributed by atoms with E-state index in [2.05, 4.69) is 31.4 Å². The van der Waals surface area contributed by atoms with Crippen molar-refractivity contribution >= 4 is 17.3 Å². The predicted octanol–water partition coefficient (Wildman–Crippen LogP) is 2.44. The van der Waals surface area contributed by atoms with Crippen LogP contribution in [0.25, 0.3) is 0 Å². The van der Waals surface area contributed by atoms with Gasteiger partial charge in [-0.05, 0) is 32.5 Å². The molecule has 0 fully saturated rings. The number of thiocarbonyl (C=S) groups is 1. The Bertz CT molecular complexity index is 135. The molecule has 2 nitrogen and oxygen atoms in total. The number of rotatable bonds is 6. The topological polar surface area (TPSA) is 24.1 Å². The van der Waals surface area contributed by atoms with Crippen LogP contribution >= 0.6 is 12.2 Å². The third-order valence-electron chi connectivity index (χ3n) is 1.74. The second-order valence-corrected chi connectivity index (χ2v) is 4.02. The lowest BCUT2D eigenvalue weighted by molar-refractivity contribution is 0.642. The van der Waals surface area contributed by atoms with E-state index in [0.29, 0.717) is 6.04 Å². The summed E-state index contributed by atoms with van der Waals surface area (Å²) in [4.78, 5) is 0. The molecule has 0 rings (SSSR count). The van der Waals surface area contributed by atoms with Crippen molar-refractivity contribution < 1.29 is 0 Å². The SMILES string of the molecule is CCCCCCNC(=S)NC(C)C. The first-order chi connectivity index (χ1) is 6.16. The lowest BCUT2D eigenvalue weighted by Crippen LogP contribution is -2.39. The Balaban J connectivity index is 3.17. The van der Waals surface area contributed by atoms with Gasteiger partial charge in [-0.2, -0.15) is 0 Å². The number of nitrogens with one attached hydrogen (secondary N) is 2. The van der Waals surface area contributed by atoms with Crippen molar-refractivity contribution in [1.29, 1.82) is 0 Å². The fourth-order valence-electron chi connectivity index (χ4n) is 1.07. The molecule has 0 spiro atoms. The van der Waals surface area contributed by atoms with Crippen LogP contribution in [-0.4, -0.2) is 17.7 Å². The molecular weight excluding hydrogens is 180 g/mol. The van der Waals surface area contributed by atoms with E-state index in [1.165, 1.54) is 25.7 Å². The quantitative estimate of drug-likeness (QED) is 0.511. The highest BCUT2D eigenvalue weighted by atomic mass is 32.1. The summed E-state index contributed by atoms with van der Waals surface area (Å²) < 4.78 is 0. The van der Waals surface area contributed by atoms with Gasteiger partial charge in [-0.25, -0.2) is 0 Å². The van der Waals surface area contributed by atoms with Crippen molar-refractivity contribution in [2.24, 2.45) is 0 Å². The molecule has 0 bridgehead atoms. The van der Waals surface area contributed by atoms with E-state index in [0.717, 1.165) is 11.7 Å². The molecule has 2 N–H and O–H groups in total. The van der Waals surface area contributed by atoms with Crippen LogP contribution in [0.2, 0.25) is 0 Å². The smallest absolute Gasteiger partial charge is 0.166 e. The Hall–Kier alpha value is -0.310. The minimum absolute atomic E-state index is 0.427. The second kappa shape index (κ2) is 8.30. The molecule has 0 unspecified atom stereocenters. The minimum atomic E-state index is 0.427. The summed E-state index contributed by atoms with van der Waals surface area (Å²) >= 11 is 5.09. The maximum absolute atomic E-state index is 5.09. The van der Waals surface area contributed by atoms with Crippen molar-refractivity contribution in [2.75, 3.05) is 6.54 Å². The Labute approximate surface area is 87.5 Å². The summed E-state index contributed by atoms with van der Waals surface area (Å²) in [5, 5.41) is 7.13. The van der Waals surface area contributed by atoms with E-state index in [4.69, 9.17) is 12.2 Å². The van der Waals surface area contributed by atoms with Gasteiger partial charge in [-0.15, -0.1) is 0 Å². The first kappa shape index (κ1) is 12.7. The molecule has 0 aliphatic heterocycles. The summed E-state index contributed by atoms with van der Waals surface area (Å²) in [6, 6.07) is 0.427. The average Bonchev–Trinajstić information content (AvgIpc) is 2.02. The van der Waals surface area contributed by atoms with Gasteiger partial charge >= 0.3 is 0 Å². The number of hydrogen-bond donors (Lipinski definition) is 2. The van der Waals surface area contributed by atoms with E-state index in [1.807, 2.05) is 0 Å². The zero-order valence-corrected chi connectivity index (χ0v) is 9.84. The predicted molar refractivity (Wildman–Crippen MR) is 63.0 cm³/mol. The monoisotopic (exact) mass is 202 g/mol. The van der Waals surface area contributed by atoms with Gasteiger partial charge in [0.05, 0.1) is 0 Å². The molecule has 0 aromatic heterocycles. The fraction of sp³-hybridized carbons (Fsp3) is 0.900. The summed E-state index contributed by atoms with van der Waals surface area (Å²) in [5.41, 5.74) is 0. The van der Waals surface area contributed by atoms with Crippen LogP contribution in [0.15, 0.2) is 0 Å². The standard InChI is InChI=1S/C10H22N2S/c1-4-5-6-7-8-11-10(13)12-9(2)3/h9H,4-8H2,1-3H3,(H2,11,12,13). The van der Waals surface area contributed by atoms with Gasteiger partial charge in [-0.3, -0.25) is 0 Å². The summed E-state index contributed by atoms with van der Waals surface area (Å²) in [6.45, 7) is 7.40. The van der Waals surface area contributed by atoms with Crippen molar-refractivity contribution in [3.05, 3.63) is 0 Å². The van der Waals surface area contributed by atoms with E-state index < -0.39 is 0 Å². The second-order valence-electron chi connectivity index (χ2n) is 3.62. The van der Waals surface area contributed by atoms with Crippen LogP contribution in [0.1, 0.15) is 46.5 Å². The highest BCUT2D eigenvalue weighted by Crippen LogP contribution is 1.96. The van der Waals surface area contributed by atoms with Crippen LogP contribution in [0.5, 0.6) is 0 Å². The maximum Gasteiger partial charge on any atom is 0.166 e. The molecule has 3 heteroatoms. The van der Waals surface area contributed by atoms with E-state index in [9.17, 15) is 0 Å². The third kappa shape index (κ3) is 9.61. The molecule has 0 atom stereocenters. The number of hydrogen-bond acceptors (Lipinski definition) is 1. The minimum Gasteiger partial charge on any atom is -0.363 e. The van der Waals surface area contributed by atoms with Crippen molar-refractivity contribution in [2.45, 2.75) is 52.5 Å². The molecule has 0 aliphatic rings. The first-order valence-corrected chi connectivity index (χ1v) is 5.62. The molecule has 0 aromatic rings. The van der Waals surface area contributed by atoms with Gasteiger partial charge < -0.3 is 10.6 Å². The third-order valence-corrected chi connectivity index (χ3v) is 2.00. The normalized spacial score (nSPS) is 10.2. The van der Waals surface area contributed by atoms with Gasteiger partial charge in [0, 0.05) is 12.6 Å². The lowest BCUT2D eigenvalue weighted by atomic mass is 10.2. The molecule has 0 saturated carbocycles. The van der Waals surface area contributed by atoms with Crippen LogP contribution in [-0.2, 0) is 0 Å². The first-order valence-electron chi connectivity index (χ1n) is 5.21. The zero-order valence-electron chi connectivity index (χ0n) is 9.02. The Morgan fingerprint density at radius 1 is 1.23 bits per heavy atom. The molecule has 78 valence electrons. The highest BCUT2D eigenvalue weighted by molar-refractivity contribution is 7.80. The van der Waals surface area contributed by atoms with Gasteiger partial charge in [0.1, 0.15) is 0 Å². The van der Waals surface area contributed by atoms with Crippen molar-refractivity contribution in [1.82, 2.24) is 10.6 Å². The summed E-state index contributed by atoms with van der Waals surface area (Å²) in [7, 11) is 0. The molecule has 0 amide bonds. The molecule has 13 heavy (non-hydrogen) atoms. The maximum atomic E-state index is 5.09. The zero-order chi connectivity index (χ0) is 10.1. The average molecular weight is 202 g/mol. The summed E-state index contributed by atoms with van der Waals surface area (Å²) in [5.74, 6) is 0. The fourth-order valence-corrected chi connectivity index (χ4v) is 1.40. The van der Waals surface area contributed by atoms with E-state index in [-0.39, 0.29) is 0 Å². The Kier molecular flexibility index (Phi) is 8.10. The molecular formula is C10H22N2S. The van der Waals surface area contributed by atoms with Crippen LogP contribution in [0.4, 0.5) is 0 Å². The van der Waals surface area contributed by atoms with E-state index in [1.54, 1.807) is 0 Å². The Morgan fingerprint density at radius 3 is 2.46 bits per heavy atom. The Morgan fingerprint density at radius 2 is 1.92 bits per heavy atom. The molecule has 0 radical (unpaired) electrons. The summed E-state index contributed by atoms with van der Waals surface area (Å²) in [6.07, 6.45) is 5.13. The molecule has 0 heterocycles. The van der Waals surface area contributed by atoms with Crippen molar-refractivity contribution in [3.63, 3.8) is 0 Å². The van der Waals surface area contributed by atoms with Gasteiger partial charge in [-0.1, -0.05) is 26.2 Å². The molecule has 0 aromatic carbocycles. The largest absolute Gasteiger partial charge is 0.363 e. The van der Waals surface area contributed by atoms with Gasteiger partial charge in [0.15, 0.2) is 5.11 Å². The highest BCUT2D eigenvalue weighted by Gasteiger charge is 1.96. The van der Waals surface area contributed by atoms with E-state index >= 15 is 0 Å².